The van der Waals surface area contributed by atoms with Gasteiger partial charge < -0.3 is 24.8 Å². The predicted molar refractivity (Wildman–Crippen MR) is 94.4 cm³/mol. The van der Waals surface area contributed by atoms with Crippen LogP contribution in [0.25, 0.3) is 0 Å². The summed E-state index contributed by atoms with van der Waals surface area (Å²) in [6, 6.07) is 5.59. The van der Waals surface area contributed by atoms with Gasteiger partial charge >= 0.3 is 6.03 Å². The maximum Gasteiger partial charge on any atom is 0.315 e. The second-order valence-corrected chi connectivity index (χ2v) is 6.39. The van der Waals surface area contributed by atoms with E-state index in [0.717, 1.165) is 62.8 Å². The van der Waals surface area contributed by atoms with Crippen molar-refractivity contribution in [1.82, 2.24) is 15.5 Å². The van der Waals surface area contributed by atoms with Crippen molar-refractivity contribution in [3.8, 4) is 11.5 Å². The molecule has 2 aliphatic heterocycles. The Hall–Kier alpha value is -1.99. The third-order valence-corrected chi connectivity index (χ3v) is 4.55. The van der Waals surface area contributed by atoms with Crippen molar-refractivity contribution >= 4 is 6.03 Å². The normalized spacial score (nSPS) is 20.3. The first-order chi connectivity index (χ1) is 12.2. The number of methoxy groups -OCH3 is 1. The van der Waals surface area contributed by atoms with Gasteiger partial charge in [-0.15, -0.1) is 0 Å². The number of amides is 2. The van der Waals surface area contributed by atoms with Crippen molar-refractivity contribution < 1.29 is 19.0 Å². The molecule has 2 aliphatic rings. The zero-order valence-electron chi connectivity index (χ0n) is 14.8. The number of urea groups is 1. The molecular weight excluding hydrogens is 322 g/mol. The number of rotatable bonds is 6. The zero-order valence-corrected chi connectivity index (χ0v) is 14.8. The molecule has 1 aromatic rings. The summed E-state index contributed by atoms with van der Waals surface area (Å²) in [5, 5.41) is 5.91. The topological polar surface area (TPSA) is 72.1 Å². The fourth-order valence-electron chi connectivity index (χ4n) is 3.16. The van der Waals surface area contributed by atoms with Crippen LogP contribution in [-0.2, 0) is 11.2 Å². The van der Waals surface area contributed by atoms with Crippen LogP contribution in [0.1, 0.15) is 12.0 Å². The highest BCUT2D eigenvalue weighted by Crippen LogP contribution is 2.28. The number of nitrogens with zero attached hydrogens (tertiary/aromatic N) is 1. The first-order valence-electron chi connectivity index (χ1n) is 8.89. The van der Waals surface area contributed by atoms with Gasteiger partial charge in [-0.05, 0) is 43.1 Å². The zero-order chi connectivity index (χ0) is 17.5. The van der Waals surface area contributed by atoms with Crippen molar-refractivity contribution in [2.75, 3.05) is 53.1 Å². The van der Waals surface area contributed by atoms with E-state index in [4.69, 9.17) is 14.2 Å². The van der Waals surface area contributed by atoms with Gasteiger partial charge in [0.2, 0.25) is 0 Å². The van der Waals surface area contributed by atoms with Crippen LogP contribution in [-0.4, -0.2) is 70.1 Å². The Labute approximate surface area is 148 Å². The number of morpholine rings is 1. The molecule has 2 amide bonds. The second-order valence-electron chi connectivity index (χ2n) is 6.39. The van der Waals surface area contributed by atoms with Gasteiger partial charge in [0.1, 0.15) is 18.1 Å². The van der Waals surface area contributed by atoms with Gasteiger partial charge in [-0.2, -0.15) is 0 Å². The SMILES string of the molecule is COc1ccc2c(c1)CC(NC(=O)NCCCN1CCOCC1)CO2. The van der Waals surface area contributed by atoms with Crippen LogP contribution >= 0.6 is 0 Å². The Morgan fingerprint density at radius 1 is 1.36 bits per heavy atom. The van der Waals surface area contributed by atoms with Crippen molar-refractivity contribution in [2.24, 2.45) is 0 Å². The molecule has 0 saturated carbocycles. The molecule has 1 fully saturated rings. The van der Waals surface area contributed by atoms with Gasteiger partial charge in [-0.25, -0.2) is 4.79 Å². The molecule has 1 atom stereocenters. The summed E-state index contributed by atoms with van der Waals surface area (Å²) >= 11 is 0. The maximum absolute atomic E-state index is 12.1. The molecule has 3 rings (SSSR count). The fraction of sp³-hybridized carbons (Fsp3) is 0.611. The minimum Gasteiger partial charge on any atom is -0.497 e. The Bertz CT molecular complexity index is 575. The maximum atomic E-state index is 12.1. The minimum absolute atomic E-state index is 0.0288. The summed E-state index contributed by atoms with van der Waals surface area (Å²) in [4.78, 5) is 14.4. The highest BCUT2D eigenvalue weighted by atomic mass is 16.5. The van der Waals surface area contributed by atoms with Gasteiger partial charge in [-0.3, -0.25) is 4.90 Å². The van der Waals surface area contributed by atoms with Crippen LogP contribution in [0.3, 0.4) is 0 Å². The molecule has 1 unspecified atom stereocenters. The van der Waals surface area contributed by atoms with E-state index in [1.165, 1.54) is 0 Å². The summed E-state index contributed by atoms with van der Waals surface area (Å²) in [7, 11) is 1.64. The Morgan fingerprint density at radius 3 is 3.00 bits per heavy atom. The fourth-order valence-corrected chi connectivity index (χ4v) is 3.16. The number of hydrogen-bond donors (Lipinski definition) is 2. The van der Waals surface area contributed by atoms with Crippen molar-refractivity contribution in [2.45, 2.75) is 18.9 Å². The molecule has 2 heterocycles. The smallest absolute Gasteiger partial charge is 0.315 e. The molecule has 0 aliphatic carbocycles. The monoisotopic (exact) mass is 349 g/mol. The van der Waals surface area contributed by atoms with E-state index in [-0.39, 0.29) is 12.1 Å². The summed E-state index contributed by atoms with van der Waals surface area (Å²) in [6.45, 7) is 5.72. The molecular formula is C18H27N3O4. The lowest BCUT2D eigenvalue weighted by Gasteiger charge is -2.27. The number of ether oxygens (including phenoxy) is 3. The number of carbonyl (C=O) groups is 1. The van der Waals surface area contributed by atoms with Crippen LogP contribution in [0.15, 0.2) is 18.2 Å². The van der Waals surface area contributed by atoms with Crippen molar-refractivity contribution in [3.05, 3.63) is 23.8 Å². The molecule has 7 nitrogen and oxygen atoms in total. The third-order valence-electron chi connectivity index (χ3n) is 4.55. The predicted octanol–water partition coefficient (Wildman–Crippen LogP) is 1.02. The molecule has 2 N–H and O–H groups in total. The molecule has 25 heavy (non-hydrogen) atoms. The van der Waals surface area contributed by atoms with Crippen LogP contribution in [0, 0.1) is 0 Å². The van der Waals surface area contributed by atoms with Crippen LogP contribution in [0.5, 0.6) is 11.5 Å². The standard InChI is InChI=1S/C18H27N3O4/c1-23-16-3-4-17-14(12-16)11-15(13-25-17)20-18(22)19-5-2-6-21-7-9-24-10-8-21/h3-4,12,15H,2,5-11,13H2,1H3,(H2,19,20,22). The first-order valence-corrected chi connectivity index (χ1v) is 8.89. The van der Waals surface area contributed by atoms with Gasteiger partial charge in [0.05, 0.1) is 26.4 Å². The number of benzene rings is 1. The average molecular weight is 349 g/mol. The minimum atomic E-state index is -0.137. The Kier molecular flexibility index (Phi) is 6.36. The largest absolute Gasteiger partial charge is 0.497 e. The van der Waals surface area contributed by atoms with E-state index in [2.05, 4.69) is 15.5 Å². The van der Waals surface area contributed by atoms with Gasteiger partial charge in [0, 0.05) is 19.6 Å². The second kappa shape index (κ2) is 8.92. The average Bonchev–Trinajstić information content (AvgIpc) is 2.65. The molecule has 0 bridgehead atoms. The summed E-state index contributed by atoms with van der Waals surface area (Å²) in [6.07, 6.45) is 1.68. The Morgan fingerprint density at radius 2 is 2.20 bits per heavy atom. The number of hydrogen-bond acceptors (Lipinski definition) is 5. The Balaban J connectivity index is 1.36. The van der Waals surface area contributed by atoms with Gasteiger partial charge in [0.25, 0.3) is 0 Å². The van der Waals surface area contributed by atoms with E-state index < -0.39 is 0 Å². The molecule has 138 valence electrons. The van der Waals surface area contributed by atoms with E-state index in [9.17, 15) is 4.79 Å². The summed E-state index contributed by atoms with van der Waals surface area (Å²) in [5.74, 6) is 1.67. The van der Waals surface area contributed by atoms with Crippen LogP contribution < -0.4 is 20.1 Å². The number of carbonyl (C=O) groups excluding carboxylic acids is 1. The highest BCUT2D eigenvalue weighted by molar-refractivity contribution is 5.74. The van der Waals surface area contributed by atoms with E-state index >= 15 is 0 Å². The summed E-state index contributed by atoms with van der Waals surface area (Å²) < 4.78 is 16.3. The number of fused-ring (bicyclic) bond motifs is 1. The van der Waals surface area contributed by atoms with Crippen LogP contribution in [0.4, 0.5) is 4.79 Å². The summed E-state index contributed by atoms with van der Waals surface area (Å²) in [5.41, 5.74) is 1.06. The molecule has 0 radical (unpaired) electrons. The number of nitrogens with one attached hydrogen (secondary N) is 2. The quantitative estimate of drug-likeness (QED) is 0.751. The van der Waals surface area contributed by atoms with Gasteiger partial charge in [0.15, 0.2) is 0 Å². The van der Waals surface area contributed by atoms with Crippen LogP contribution in [0.2, 0.25) is 0 Å². The molecule has 7 heteroatoms. The van der Waals surface area contributed by atoms with Gasteiger partial charge in [-0.1, -0.05) is 0 Å². The lowest BCUT2D eigenvalue weighted by Crippen LogP contribution is -2.47. The van der Waals surface area contributed by atoms with E-state index in [1.54, 1.807) is 7.11 Å². The molecule has 1 aromatic carbocycles. The lowest BCUT2D eigenvalue weighted by molar-refractivity contribution is 0.0375. The molecule has 0 aromatic heterocycles. The first kappa shape index (κ1) is 17.8. The van der Waals surface area contributed by atoms with Crippen molar-refractivity contribution in [1.29, 1.82) is 0 Å². The lowest BCUT2D eigenvalue weighted by atomic mass is 10.0. The van der Waals surface area contributed by atoms with E-state index in [1.807, 2.05) is 18.2 Å². The molecule has 1 saturated heterocycles. The molecule has 0 spiro atoms. The highest BCUT2D eigenvalue weighted by Gasteiger charge is 2.21. The third kappa shape index (κ3) is 5.24. The van der Waals surface area contributed by atoms with Crippen molar-refractivity contribution in [3.63, 3.8) is 0 Å². The van der Waals surface area contributed by atoms with E-state index in [0.29, 0.717) is 13.2 Å².